The van der Waals surface area contributed by atoms with Gasteiger partial charge in [0.25, 0.3) is 0 Å². The monoisotopic (exact) mass is 231 g/mol. The Hall–Kier alpha value is -2.03. The molecule has 0 amide bonds. The van der Waals surface area contributed by atoms with Crippen molar-refractivity contribution in [3.05, 3.63) is 60.1 Å². The maximum atomic E-state index is 13.8. The summed E-state index contributed by atoms with van der Waals surface area (Å²) in [5.74, 6) is -0.502. The number of hydrogen-bond donors (Lipinski definition) is 1. The number of likely N-dealkylation sites (N-methyl/N-ethyl adjacent to an activating group) is 1. The van der Waals surface area contributed by atoms with Crippen LogP contribution in [-0.2, 0) is 0 Å². The number of phenolic OH excluding ortho intramolecular Hbond substituents is 1. The van der Waals surface area contributed by atoms with Gasteiger partial charge in [-0.15, -0.1) is 0 Å². The van der Waals surface area contributed by atoms with Crippen LogP contribution in [0.3, 0.4) is 0 Å². The minimum absolute atomic E-state index is 0.0694. The van der Waals surface area contributed by atoms with Gasteiger partial charge in [-0.3, -0.25) is 0 Å². The molecule has 1 aromatic rings. The highest BCUT2D eigenvalue weighted by molar-refractivity contribution is 5.70. The highest BCUT2D eigenvalue weighted by atomic mass is 19.1. The standard InChI is InChI=1S/C14H14FNO/c1-3-16-10(2)5-4-6-14(16)12-8-7-11(17)9-13(12)15/h4-9,17H,2-3H2,1H3. The molecule has 0 fully saturated rings. The van der Waals surface area contributed by atoms with Gasteiger partial charge in [0, 0.05) is 23.9 Å². The van der Waals surface area contributed by atoms with Gasteiger partial charge in [-0.1, -0.05) is 12.7 Å². The lowest BCUT2D eigenvalue weighted by Crippen LogP contribution is -2.21. The summed E-state index contributed by atoms with van der Waals surface area (Å²) in [5.41, 5.74) is 2.06. The van der Waals surface area contributed by atoms with Gasteiger partial charge < -0.3 is 10.0 Å². The van der Waals surface area contributed by atoms with Crippen LogP contribution in [0.1, 0.15) is 12.5 Å². The fourth-order valence-corrected chi connectivity index (χ4v) is 1.91. The van der Waals surface area contributed by atoms with Crippen molar-refractivity contribution in [1.82, 2.24) is 4.90 Å². The largest absolute Gasteiger partial charge is 0.508 e. The molecule has 17 heavy (non-hydrogen) atoms. The molecule has 1 aliphatic rings. The smallest absolute Gasteiger partial charge is 0.136 e. The van der Waals surface area contributed by atoms with Gasteiger partial charge in [0.05, 0.1) is 5.70 Å². The van der Waals surface area contributed by atoms with E-state index in [-0.39, 0.29) is 5.75 Å². The Morgan fingerprint density at radius 1 is 1.41 bits per heavy atom. The van der Waals surface area contributed by atoms with Gasteiger partial charge >= 0.3 is 0 Å². The van der Waals surface area contributed by atoms with E-state index in [0.717, 1.165) is 24.0 Å². The van der Waals surface area contributed by atoms with Crippen LogP contribution in [0.2, 0.25) is 0 Å². The number of benzene rings is 1. The lowest BCUT2D eigenvalue weighted by atomic mass is 10.1. The lowest BCUT2D eigenvalue weighted by Gasteiger charge is -2.29. The Balaban J connectivity index is 2.48. The molecule has 0 saturated carbocycles. The lowest BCUT2D eigenvalue weighted by molar-refractivity contribution is 0.467. The molecule has 0 spiro atoms. The summed E-state index contributed by atoms with van der Waals surface area (Å²) in [6, 6.07) is 4.17. The van der Waals surface area contributed by atoms with Crippen LogP contribution in [0.5, 0.6) is 5.75 Å². The van der Waals surface area contributed by atoms with E-state index in [1.54, 1.807) is 6.07 Å². The fraction of sp³-hybridized carbons (Fsp3) is 0.143. The van der Waals surface area contributed by atoms with E-state index in [1.165, 1.54) is 6.07 Å². The maximum Gasteiger partial charge on any atom is 0.136 e. The van der Waals surface area contributed by atoms with E-state index in [1.807, 2.05) is 30.1 Å². The summed E-state index contributed by atoms with van der Waals surface area (Å²) >= 11 is 0. The molecule has 1 aliphatic heterocycles. The molecule has 2 nitrogen and oxygen atoms in total. The first kappa shape index (κ1) is 11.5. The third-order valence-electron chi connectivity index (χ3n) is 2.73. The Morgan fingerprint density at radius 2 is 2.18 bits per heavy atom. The number of hydrogen-bond acceptors (Lipinski definition) is 2. The van der Waals surface area contributed by atoms with E-state index in [0.29, 0.717) is 5.56 Å². The van der Waals surface area contributed by atoms with Crippen molar-refractivity contribution in [2.75, 3.05) is 6.54 Å². The van der Waals surface area contributed by atoms with Crippen LogP contribution in [0.4, 0.5) is 4.39 Å². The molecule has 0 saturated heterocycles. The number of phenols is 1. The van der Waals surface area contributed by atoms with Gasteiger partial charge in [-0.25, -0.2) is 4.39 Å². The van der Waals surface area contributed by atoms with E-state index in [4.69, 9.17) is 0 Å². The first-order valence-electron chi connectivity index (χ1n) is 5.47. The topological polar surface area (TPSA) is 23.5 Å². The molecule has 88 valence electrons. The van der Waals surface area contributed by atoms with Crippen molar-refractivity contribution >= 4 is 5.70 Å². The minimum atomic E-state index is -0.433. The first-order valence-corrected chi connectivity index (χ1v) is 5.47. The molecule has 0 bridgehead atoms. The first-order chi connectivity index (χ1) is 8.13. The number of aromatic hydroxyl groups is 1. The number of rotatable bonds is 2. The maximum absolute atomic E-state index is 13.8. The molecule has 0 atom stereocenters. The highest BCUT2D eigenvalue weighted by Gasteiger charge is 2.17. The zero-order chi connectivity index (χ0) is 12.4. The van der Waals surface area contributed by atoms with Crippen molar-refractivity contribution in [1.29, 1.82) is 0 Å². The van der Waals surface area contributed by atoms with Crippen molar-refractivity contribution in [3.8, 4) is 5.75 Å². The van der Waals surface area contributed by atoms with Gasteiger partial charge in [-0.2, -0.15) is 0 Å². The van der Waals surface area contributed by atoms with Crippen LogP contribution in [0, 0.1) is 5.82 Å². The second-order valence-corrected chi connectivity index (χ2v) is 3.81. The Morgan fingerprint density at radius 3 is 2.82 bits per heavy atom. The molecule has 0 unspecified atom stereocenters. The van der Waals surface area contributed by atoms with Crippen LogP contribution in [0.25, 0.3) is 5.70 Å². The molecule has 1 N–H and O–H groups in total. The molecule has 0 radical (unpaired) electrons. The quantitative estimate of drug-likeness (QED) is 0.844. The van der Waals surface area contributed by atoms with Gasteiger partial charge in [0.2, 0.25) is 0 Å². The molecular weight excluding hydrogens is 217 g/mol. The predicted molar refractivity (Wildman–Crippen MR) is 66.7 cm³/mol. The number of halogens is 1. The van der Waals surface area contributed by atoms with Crippen LogP contribution in [0.15, 0.2) is 48.7 Å². The SMILES string of the molecule is C=C1C=CC=C(c2ccc(O)cc2F)N1CC. The molecule has 1 heterocycles. The Labute approximate surface area is 100.0 Å². The van der Waals surface area contributed by atoms with Crippen molar-refractivity contribution in [2.45, 2.75) is 6.92 Å². The van der Waals surface area contributed by atoms with E-state index < -0.39 is 5.82 Å². The number of allylic oxidation sites excluding steroid dienone is 3. The van der Waals surface area contributed by atoms with Crippen molar-refractivity contribution < 1.29 is 9.50 Å². The second kappa shape index (κ2) is 4.45. The summed E-state index contributed by atoms with van der Waals surface area (Å²) < 4.78 is 13.8. The normalized spacial score (nSPS) is 15.1. The number of nitrogens with zero attached hydrogens (tertiary/aromatic N) is 1. The summed E-state index contributed by atoms with van der Waals surface area (Å²) in [4.78, 5) is 1.93. The van der Waals surface area contributed by atoms with E-state index >= 15 is 0 Å². The third-order valence-corrected chi connectivity index (χ3v) is 2.73. The average Bonchev–Trinajstić information content (AvgIpc) is 2.29. The zero-order valence-electron chi connectivity index (χ0n) is 9.65. The van der Waals surface area contributed by atoms with Gasteiger partial charge in [0.1, 0.15) is 11.6 Å². The molecule has 3 heteroatoms. The Kier molecular flexibility index (Phi) is 3.00. The molecule has 0 aliphatic carbocycles. The second-order valence-electron chi connectivity index (χ2n) is 3.81. The average molecular weight is 231 g/mol. The summed E-state index contributed by atoms with van der Waals surface area (Å²) in [5, 5.41) is 9.21. The third kappa shape index (κ3) is 2.09. The van der Waals surface area contributed by atoms with Crippen LogP contribution >= 0.6 is 0 Å². The fourth-order valence-electron chi connectivity index (χ4n) is 1.91. The highest BCUT2D eigenvalue weighted by Crippen LogP contribution is 2.29. The van der Waals surface area contributed by atoms with Crippen molar-refractivity contribution in [2.24, 2.45) is 0 Å². The summed E-state index contributed by atoms with van der Waals surface area (Å²) in [6.45, 7) is 6.62. The predicted octanol–water partition coefficient (Wildman–Crippen LogP) is 3.28. The summed E-state index contributed by atoms with van der Waals surface area (Å²) in [6.07, 6.45) is 5.56. The van der Waals surface area contributed by atoms with E-state index in [9.17, 15) is 9.50 Å². The molecule has 0 aromatic heterocycles. The molecule has 1 aromatic carbocycles. The van der Waals surface area contributed by atoms with Crippen LogP contribution in [-0.4, -0.2) is 16.6 Å². The van der Waals surface area contributed by atoms with Gasteiger partial charge in [-0.05, 0) is 31.2 Å². The summed E-state index contributed by atoms with van der Waals surface area (Å²) in [7, 11) is 0. The Bertz CT molecular complexity index is 517. The van der Waals surface area contributed by atoms with Crippen molar-refractivity contribution in [3.63, 3.8) is 0 Å². The minimum Gasteiger partial charge on any atom is -0.508 e. The molecule has 2 rings (SSSR count). The molecular formula is C14H14FNO. The van der Waals surface area contributed by atoms with Gasteiger partial charge in [0.15, 0.2) is 0 Å². The zero-order valence-corrected chi connectivity index (χ0v) is 9.65. The van der Waals surface area contributed by atoms with E-state index in [2.05, 4.69) is 6.58 Å². The van der Waals surface area contributed by atoms with Crippen LogP contribution < -0.4 is 0 Å².